The maximum atomic E-state index is 13.2. The summed E-state index contributed by atoms with van der Waals surface area (Å²) in [5, 5.41) is 4.37. The van der Waals surface area contributed by atoms with Gasteiger partial charge in [0.25, 0.3) is 5.91 Å². The molecule has 1 N–H and O–H groups in total. The van der Waals surface area contributed by atoms with Crippen LogP contribution in [0.5, 0.6) is 0 Å². The number of amides is 1. The van der Waals surface area contributed by atoms with Crippen molar-refractivity contribution in [2.75, 3.05) is 0 Å². The van der Waals surface area contributed by atoms with Crippen LogP contribution in [0.2, 0.25) is 0 Å². The Labute approximate surface area is 149 Å². The Bertz CT molecular complexity index is 874. The van der Waals surface area contributed by atoms with Crippen molar-refractivity contribution in [3.05, 3.63) is 58.3 Å². The number of halogens is 1. The normalized spacial score (nSPS) is 21.5. The fourth-order valence-corrected chi connectivity index (χ4v) is 4.79. The topological polar surface area (TPSA) is 54.6 Å². The molecule has 6 heteroatoms. The zero-order valence-corrected chi connectivity index (χ0v) is 15.0. The molecule has 1 amide bonds. The van der Waals surface area contributed by atoms with Crippen LogP contribution in [-0.2, 0) is 13.0 Å². The fourth-order valence-electron chi connectivity index (χ4n) is 3.62. The van der Waals surface area contributed by atoms with Gasteiger partial charge in [0.2, 0.25) is 0 Å². The smallest absolute Gasteiger partial charge is 0.287 e. The number of aryl methyl sites for hydroxylation is 1. The third kappa shape index (κ3) is 2.99. The Morgan fingerprint density at radius 1 is 1.44 bits per heavy atom. The predicted molar refractivity (Wildman–Crippen MR) is 96.6 cm³/mol. The van der Waals surface area contributed by atoms with Crippen LogP contribution in [0.25, 0.3) is 0 Å². The van der Waals surface area contributed by atoms with Crippen LogP contribution >= 0.6 is 11.8 Å². The number of nitrogens with one attached hydrogen (secondary N) is 1. The number of fused-ring (bicyclic) bond motifs is 3. The number of furan rings is 1. The first kappa shape index (κ1) is 16.4. The molecule has 0 radical (unpaired) electrons. The van der Waals surface area contributed by atoms with Gasteiger partial charge >= 0.3 is 0 Å². The maximum Gasteiger partial charge on any atom is 0.287 e. The highest BCUT2D eigenvalue weighted by atomic mass is 32.2. The quantitative estimate of drug-likeness (QED) is 0.896. The molecule has 1 aliphatic carbocycles. The number of hydrogen-bond acceptors (Lipinski definition) is 4. The highest BCUT2D eigenvalue weighted by Gasteiger charge is 2.39. The monoisotopic (exact) mass is 358 g/mol. The van der Waals surface area contributed by atoms with Gasteiger partial charge < -0.3 is 9.73 Å². The number of benzene rings is 1. The van der Waals surface area contributed by atoms with E-state index in [1.54, 1.807) is 12.1 Å². The molecule has 2 aromatic rings. The first-order valence-corrected chi connectivity index (χ1v) is 9.26. The van der Waals surface area contributed by atoms with Crippen LogP contribution in [-0.4, -0.2) is 16.2 Å². The van der Waals surface area contributed by atoms with Gasteiger partial charge in [-0.2, -0.15) is 0 Å². The molecule has 25 heavy (non-hydrogen) atoms. The molecule has 0 saturated carbocycles. The molecule has 130 valence electrons. The molecular formula is C19H19FN2O2S. The Morgan fingerprint density at radius 2 is 2.28 bits per heavy atom. The Morgan fingerprint density at radius 3 is 3.08 bits per heavy atom. The zero-order chi connectivity index (χ0) is 17.6. The van der Waals surface area contributed by atoms with Crippen LogP contribution in [0.3, 0.4) is 0 Å². The molecule has 4 rings (SSSR count). The Hall–Kier alpha value is -2.08. The number of carbonyl (C=O) groups is 1. The number of thioether (sulfide) groups is 1. The van der Waals surface area contributed by atoms with Gasteiger partial charge in [-0.05, 0) is 38.0 Å². The van der Waals surface area contributed by atoms with E-state index in [0.29, 0.717) is 11.0 Å². The zero-order valence-electron chi connectivity index (χ0n) is 14.1. The molecule has 0 fully saturated rings. The summed E-state index contributed by atoms with van der Waals surface area (Å²) in [5.74, 6) is 0.661. The Kier molecular flexibility index (Phi) is 4.15. The van der Waals surface area contributed by atoms with Gasteiger partial charge in [-0.1, -0.05) is 12.1 Å². The van der Waals surface area contributed by atoms with Crippen molar-refractivity contribution in [1.82, 2.24) is 5.32 Å². The van der Waals surface area contributed by atoms with Crippen molar-refractivity contribution >= 4 is 22.7 Å². The average Bonchev–Trinajstić information content (AvgIpc) is 3.12. The van der Waals surface area contributed by atoms with E-state index in [4.69, 9.17) is 9.41 Å². The minimum Gasteiger partial charge on any atom is -0.455 e. The highest BCUT2D eigenvalue weighted by molar-refractivity contribution is 8.14. The summed E-state index contributed by atoms with van der Waals surface area (Å²) in [7, 11) is 0. The minimum absolute atomic E-state index is 0.0993. The van der Waals surface area contributed by atoms with E-state index in [1.807, 2.05) is 25.6 Å². The average molecular weight is 358 g/mol. The molecule has 0 bridgehead atoms. The molecular weight excluding hydrogens is 339 g/mol. The van der Waals surface area contributed by atoms with Gasteiger partial charge in [-0.3, -0.25) is 9.79 Å². The van der Waals surface area contributed by atoms with Gasteiger partial charge in [-0.25, -0.2) is 4.39 Å². The van der Waals surface area contributed by atoms with Crippen molar-refractivity contribution in [2.24, 2.45) is 4.99 Å². The molecule has 0 saturated heterocycles. The number of carbonyl (C=O) groups excluding carboxylic acids is 1. The molecule has 0 unspecified atom stereocenters. The minimum atomic E-state index is -0.311. The maximum absolute atomic E-state index is 13.2. The lowest BCUT2D eigenvalue weighted by Gasteiger charge is -2.22. The lowest BCUT2D eigenvalue weighted by Crippen LogP contribution is -2.23. The number of aliphatic imine (C=N–C) groups is 1. The van der Waals surface area contributed by atoms with Gasteiger partial charge in [0, 0.05) is 29.3 Å². The highest BCUT2D eigenvalue weighted by Crippen LogP contribution is 2.47. The van der Waals surface area contributed by atoms with E-state index in [-0.39, 0.29) is 24.3 Å². The number of rotatable bonds is 3. The summed E-state index contributed by atoms with van der Waals surface area (Å²) in [6.07, 6.45) is 1.85. The van der Waals surface area contributed by atoms with Crippen molar-refractivity contribution in [2.45, 2.75) is 44.5 Å². The van der Waals surface area contributed by atoms with Crippen LogP contribution in [0.1, 0.15) is 52.4 Å². The third-order valence-electron chi connectivity index (χ3n) is 4.77. The van der Waals surface area contributed by atoms with Gasteiger partial charge in [0.1, 0.15) is 11.6 Å². The largest absolute Gasteiger partial charge is 0.455 e. The first-order chi connectivity index (χ1) is 12.0. The van der Waals surface area contributed by atoms with E-state index in [2.05, 4.69) is 5.32 Å². The second-order valence-electron chi connectivity index (χ2n) is 6.49. The van der Waals surface area contributed by atoms with Crippen LogP contribution in [0, 0.1) is 12.7 Å². The summed E-state index contributed by atoms with van der Waals surface area (Å²) in [5.41, 5.74) is 2.67. The van der Waals surface area contributed by atoms with Gasteiger partial charge in [0.05, 0.1) is 11.1 Å². The van der Waals surface area contributed by atoms with Gasteiger partial charge in [-0.15, -0.1) is 11.8 Å². The lowest BCUT2D eigenvalue weighted by molar-refractivity contribution is 0.0920. The molecule has 2 atom stereocenters. The van der Waals surface area contributed by atoms with Crippen LogP contribution < -0.4 is 5.32 Å². The standard InChI is InChI=1S/C19H19FN2O2S/c1-10-16-14(6-7-15-17(16)22-11(2)25-15)24-18(10)19(23)21-9-12-4-3-5-13(20)8-12/h3-5,8,15,17H,6-7,9H2,1-2H3,(H,21,23)/t15-,17-/m1/s1. The summed E-state index contributed by atoms with van der Waals surface area (Å²) < 4.78 is 19.1. The van der Waals surface area contributed by atoms with Crippen LogP contribution in [0.4, 0.5) is 4.39 Å². The second-order valence-corrected chi connectivity index (χ2v) is 7.93. The molecule has 2 aliphatic rings. The van der Waals surface area contributed by atoms with Crippen molar-refractivity contribution in [1.29, 1.82) is 0 Å². The summed E-state index contributed by atoms with van der Waals surface area (Å²) in [6, 6.07) is 6.31. The predicted octanol–water partition coefficient (Wildman–Crippen LogP) is 4.18. The lowest BCUT2D eigenvalue weighted by atomic mass is 9.90. The molecule has 1 aliphatic heterocycles. The van der Waals surface area contributed by atoms with Crippen molar-refractivity contribution in [3.8, 4) is 0 Å². The van der Waals surface area contributed by atoms with Gasteiger partial charge in [0.15, 0.2) is 5.76 Å². The molecule has 1 aromatic heterocycles. The van der Waals surface area contributed by atoms with E-state index in [1.165, 1.54) is 12.1 Å². The van der Waals surface area contributed by atoms with E-state index < -0.39 is 0 Å². The second kappa shape index (κ2) is 6.33. The third-order valence-corrected chi connectivity index (χ3v) is 6.01. The van der Waals surface area contributed by atoms with E-state index in [9.17, 15) is 9.18 Å². The number of nitrogens with zero attached hydrogens (tertiary/aromatic N) is 1. The number of hydrogen-bond donors (Lipinski definition) is 1. The summed E-state index contributed by atoms with van der Waals surface area (Å²) >= 11 is 1.82. The SMILES string of the molecule is CC1=N[C@H]2c3c(oc(C(=O)NCc4cccc(F)c4)c3C)CC[C@H]2S1. The van der Waals surface area contributed by atoms with E-state index in [0.717, 1.165) is 40.3 Å². The van der Waals surface area contributed by atoms with Crippen molar-refractivity contribution in [3.63, 3.8) is 0 Å². The molecule has 1 aromatic carbocycles. The summed E-state index contributed by atoms with van der Waals surface area (Å²) in [6.45, 7) is 4.22. The first-order valence-electron chi connectivity index (χ1n) is 8.39. The fraction of sp³-hybridized carbons (Fsp3) is 0.368. The molecule has 0 spiro atoms. The molecule has 4 nitrogen and oxygen atoms in total. The van der Waals surface area contributed by atoms with E-state index >= 15 is 0 Å². The summed E-state index contributed by atoms with van der Waals surface area (Å²) in [4.78, 5) is 17.3. The van der Waals surface area contributed by atoms with Crippen molar-refractivity contribution < 1.29 is 13.6 Å². The van der Waals surface area contributed by atoms with Crippen LogP contribution in [0.15, 0.2) is 33.7 Å². The molecule has 2 heterocycles. The Balaban J connectivity index is 1.55.